The molecule has 3 rings (SSSR count). The Morgan fingerprint density at radius 2 is 1.84 bits per heavy atom. The van der Waals surface area contributed by atoms with Crippen molar-refractivity contribution in [3.63, 3.8) is 0 Å². The molecule has 1 heterocycles. The standard InChI is InChI=1S/C17H10BrClN2O3S/c18-10-1-6-14(22)9(7-10)8-13-15(23)20-17(25)21(16(13)24)12-4-2-11(19)3-5-12/h1-8,22H,(H,20,23,25)/b13-8-. The summed E-state index contributed by atoms with van der Waals surface area (Å²) in [5.41, 5.74) is 0.664. The normalized spacial score (nSPS) is 16.3. The fraction of sp³-hybridized carbons (Fsp3) is 0. The van der Waals surface area contributed by atoms with Gasteiger partial charge in [-0.1, -0.05) is 27.5 Å². The molecule has 1 aliphatic rings. The summed E-state index contributed by atoms with van der Waals surface area (Å²) in [5, 5.41) is 12.9. The maximum absolute atomic E-state index is 12.8. The zero-order valence-corrected chi connectivity index (χ0v) is 15.7. The first-order chi connectivity index (χ1) is 11.9. The number of amides is 2. The first kappa shape index (κ1) is 17.6. The lowest BCUT2D eigenvalue weighted by molar-refractivity contribution is -0.122. The molecule has 0 saturated carbocycles. The molecule has 1 fully saturated rings. The zero-order valence-electron chi connectivity index (χ0n) is 12.5. The Kier molecular flexibility index (Phi) is 4.89. The third-order valence-corrected chi connectivity index (χ3v) is 4.51. The van der Waals surface area contributed by atoms with E-state index in [-0.39, 0.29) is 16.4 Å². The maximum Gasteiger partial charge on any atom is 0.270 e. The number of carbonyl (C=O) groups is 2. The second-order valence-electron chi connectivity index (χ2n) is 5.14. The van der Waals surface area contributed by atoms with E-state index in [1.165, 1.54) is 17.0 Å². The lowest BCUT2D eigenvalue weighted by atomic mass is 10.1. The van der Waals surface area contributed by atoms with E-state index in [0.717, 1.165) is 0 Å². The highest BCUT2D eigenvalue weighted by molar-refractivity contribution is 9.10. The van der Waals surface area contributed by atoms with Crippen LogP contribution in [0.5, 0.6) is 5.75 Å². The molecule has 0 radical (unpaired) electrons. The monoisotopic (exact) mass is 436 g/mol. The Labute approximate surface area is 162 Å². The number of aromatic hydroxyl groups is 1. The van der Waals surface area contributed by atoms with Gasteiger partial charge in [-0.25, -0.2) is 0 Å². The van der Waals surface area contributed by atoms with E-state index in [4.69, 9.17) is 23.8 Å². The Morgan fingerprint density at radius 1 is 1.16 bits per heavy atom. The Morgan fingerprint density at radius 3 is 2.52 bits per heavy atom. The van der Waals surface area contributed by atoms with Gasteiger partial charge in [-0.15, -0.1) is 0 Å². The largest absolute Gasteiger partial charge is 0.507 e. The number of halogens is 2. The number of benzene rings is 2. The van der Waals surface area contributed by atoms with Crippen LogP contribution in [0.25, 0.3) is 6.08 Å². The molecule has 5 nitrogen and oxygen atoms in total. The van der Waals surface area contributed by atoms with Crippen molar-refractivity contribution in [3.05, 3.63) is 63.1 Å². The van der Waals surface area contributed by atoms with Crippen molar-refractivity contribution in [1.29, 1.82) is 0 Å². The summed E-state index contributed by atoms with van der Waals surface area (Å²) in [6.45, 7) is 0. The predicted octanol–water partition coefficient (Wildman–Crippen LogP) is 3.64. The lowest BCUT2D eigenvalue weighted by Gasteiger charge is -2.29. The molecule has 8 heteroatoms. The topological polar surface area (TPSA) is 69.6 Å². The number of thiocarbonyl (C=S) groups is 1. The molecule has 25 heavy (non-hydrogen) atoms. The second kappa shape index (κ2) is 6.95. The molecule has 0 aliphatic carbocycles. The minimum Gasteiger partial charge on any atom is -0.507 e. The van der Waals surface area contributed by atoms with E-state index in [1.54, 1.807) is 36.4 Å². The minimum atomic E-state index is -0.625. The smallest absolute Gasteiger partial charge is 0.270 e. The van der Waals surface area contributed by atoms with Gasteiger partial charge >= 0.3 is 0 Å². The fourth-order valence-corrected chi connectivity index (χ4v) is 3.06. The highest BCUT2D eigenvalue weighted by Crippen LogP contribution is 2.27. The van der Waals surface area contributed by atoms with Gasteiger partial charge < -0.3 is 5.11 Å². The molecule has 126 valence electrons. The van der Waals surface area contributed by atoms with Crippen LogP contribution in [0.15, 0.2) is 52.5 Å². The number of hydrogen-bond donors (Lipinski definition) is 2. The molecular weight excluding hydrogens is 428 g/mol. The Hall–Kier alpha value is -2.22. The van der Waals surface area contributed by atoms with Crippen LogP contribution < -0.4 is 10.2 Å². The first-order valence-corrected chi connectivity index (χ1v) is 8.60. The van der Waals surface area contributed by atoms with Crippen molar-refractivity contribution >= 4 is 68.4 Å². The van der Waals surface area contributed by atoms with Gasteiger partial charge in [0, 0.05) is 15.1 Å². The van der Waals surface area contributed by atoms with Gasteiger partial charge in [0.25, 0.3) is 11.8 Å². The summed E-state index contributed by atoms with van der Waals surface area (Å²) in [6.07, 6.45) is 1.32. The lowest BCUT2D eigenvalue weighted by Crippen LogP contribution is -2.54. The minimum absolute atomic E-state index is 0.0204. The maximum atomic E-state index is 12.8. The average Bonchev–Trinajstić information content (AvgIpc) is 2.56. The van der Waals surface area contributed by atoms with E-state index >= 15 is 0 Å². The van der Waals surface area contributed by atoms with Crippen molar-refractivity contribution in [2.45, 2.75) is 0 Å². The molecule has 0 spiro atoms. The first-order valence-electron chi connectivity index (χ1n) is 7.02. The van der Waals surface area contributed by atoms with E-state index in [1.807, 2.05) is 0 Å². The molecule has 0 unspecified atom stereocenters. The fourth-order valence-electron chi connectivity index (χ4n) is 2.28. The highest BCUT2D eigenvalue weighted by atomic mass is 79.9. The summed E-state index contributed by atoms with van der Waals surface area (Å²) >= 11 is 14.3. The van der Waals surface area contributed by atoms with Gasteiger partial charge in [0.2, 0.25) is 0 Å². The van der Waals surface area contributed by atoms with Crippen molar-refractivity contribution < 1.29 is 14.7 Å². The number of carbonyl (C=O) groups excluding carboxylic acids is 2. The number of phenols is 1. The summed E-state index contributed by atoms with van der Waals surface area (Å²) in [7, 11) is 0. The summed E-state index contributed by atoms with van der Waals surface area (Å²) < 4.78 is 0.700. The van der Waals surface area contributed by atoms with Crippen molar-refractivity contribution in [3.8, 4) is 5.75 Å². The van der Waals surface area contributed by atoms with Crippen LogP contribution in [0.1, 0.15) is 5.56 Å². The average molecular weight is 438 g/mol. The molecule has 1 saturated heterocycles. The third kappa shape index (κ3) is 3.58. The number of rotatable bonds is 2. The highest BCUT2D eigenvalue weighted by Gasteiger charge is 2.34. The number of nitrogens with zero attached hydrogens (tertiary/aromatic N) is 1. The van der Waals surface area contributed by atoms with Crippen LogP contribution in [0.2, 0.25) is 5.02 Å². The van der Waals surface area contributed by atoms with Crippen LogP contribution >= 0.6 is 39.7 Å². The summed E-state index contributed by atoms with van der Waals surface area (Å²) in [6, 6.07) is 11.2. The molecule has 2 aromatic rings. The zero-order chi connectivity index (χ0) is 18.1. The van der Waals surface area contributed by atoms with E-state index in [9.17, 15) is 14.7 Å². The van der Waals surface area contributed by atoms with Gasteiger partial charge in [-0.2, -0.15) is 0 Å². The Bertz CT molecular complexity index is 928. The van der Waals surface area contributed by atoms with Gasteiger partial charge in [-0.3, -0.25) is 19.8 Å². The SMILES string of the molecule is O=C1NC(=S)N(c2ccc(Cl)cc2)C(=O)/C1=C\c1cc(Br)ccc1O. The molecule has 1 aliphatic heterocycles. The van der Waals surface area contributed by atoms with Crippen molar-refractivity contribution in [1.82, 2.24) is 5.32 Å². The summed E-state index contributed by atoms with van der Waals surface area (Å²) in [5.74, 6) is -1.27. The number of hydrogen-bond acceptors (Lipinski definition) is 4. The number of phenolic OH excluding ortho intramolecular Hbond substituents is 1. The van der Waals surface area contributed by atoms with E-state index in [2.05, 4.69) is 21.2 Å². The van der Waals surface area contributed by atoms with Crippen molar-refractivity contribution in [2.75, 3.05) is 4.90 Å². The van der Waals surface area contributed by atoms with E-state index < -0.39 is 11.8 Å². The predicted molar refractivity (Wildman–Crippen MR) is 103 cm³/mol. The molecule has 0 bridgehead atoms. The van der Waals surface area contributed by atoms with Crippen molar-refractivity contribution in [2.24, 2.45) is 0 Å². The van der Waals surface area contributed by atoms with Gasteiger partial charge in [-0.05, 0) is 60.8 Å². The summed E-state index contributed by atoms with van der Waals surface area (Å²) in [4.78, 5) is 26.2. The number of anilines is 1. The number of nitrogens with one attached hydrogen (secondary N) is 1. The van der Waals surface area contributed by atoms with Crippen LogP contribution in [0, 0.1) is 0 Å². The molecular formula is C17H10BrClN2O3S. The van der Waals surface area contributed by atoms with Crippen LogP contribution in [0.4, 0.5) is 5.69 Å². The quantitative estimate of drug-likeness (QED) is 0.428. The van der Waals surface area contributed by atoms with E-state index in [0.29, 0.717) is 20.7 Å². The Balaban J connectivity index is 2.05. The molecule has 0 aromatic heterocycles. The van der Waals surface area contributed by atoms with Crippen LogP contribution in [-0.2, 0) is 9.59 Å². The molecule has 2 N–H and O–H groups in total. The van der Waals surface area contributed by atoms with Crippen LogP contribution in [-0.4, -0.2) is 22.0 Å². The van der Waals surface area contributed by atoms with Crippen LogP contribution in [0.3, 0.4) is 0 Å². The van der Waals surface area contributed by atoms with Gasteiger partial charge in [0.15, 0.2) is 5.11 Å². The second-order valence-corrected chi connectivity index (χ2v) is 6.88. The molecule has 2 amide bonds. The third-order valence-electron chi connectivity index (χ3n) is 3.48. The molecule has 0 atom stereocenters. The molecule has 2 aromatic carbocycles. The van der Waals surface area contributed by atoms with Gasteiger partial charge in [0.05, 0.1) is 5.69 Å². The van der Waals surface area contributed by atoms with Gasteiger partial charge in [0.1, 0.15) is 11.3 Å².